The molecule has 1 amide bonds. The zero-order valence-corrected chi connectivity index (χ0v) is 17.3. The number of aryl methyl sites for hydroxylation is 1. The van der Waals surface area contributed by atoms with Crippen molar-refractivity contribution in [3.63, 3.8) is 0 Å². The van der Waals surface area contributed by atoms with Gasteiger partial charge in [-0.2, -0.15) is 0 Å². The molecule has 0 aliphatic heterocycles. The Morgan fingerprint density at radius 3 is 2.00 bits per heavy atom. The molecule has 0 fully saturated rings. The molecule has 1 N–H and O–H groups in total. The fourth-order valence-corrected chi connectivity index (χ4v) is 3.50. The van der Waals surface area contributed by atoms with Gasteiger partial charge in [-0.1, -0.05) is 91.0 Å². The summed E-state index contributed by atoms with van der Waals surface area (Å²) in [6, 6.07) is 28.8. The molecule has 0 radical (unpaired) electrons. The smallest absolute Gasteiger partial charge is 0.272 e. The molecule has 154 valence electrons. The number of rotatable bonds is 6. The fraction of sp³-hybridized carbons (Fsp3) is 0.115. The zero-order chi connectivity index (χ0) is 21.6. The van der Waals surface area contributed by atoms with E-state index < -0.39 is 0 Å². The van der Waals surface area contributed by atoms with Gasteiger partial charge in [0.25, 0.3) is 11.5 Å². The van der Waals surface area contributed by atoms with Crippen LogP contribution in [-0.4, -0.2) is 15.5 Å². The predicted molar refractivity (Wildman–Crippen MR) is 122 cm³/mol. The number of benzene rings is 3. The van der Waals surface area contributed by atoms with Gasteiger partial charge in [0.1, 0.15) is 17.1 Å². The van der Waals surface area contributed by atoms with E-state index >= 15 is 0 Å². The fourth-order valence-electron chi connectivity index (χ4n) is 3.50. The van der Waals surface area contributed by atoms with Gasteiger partial charge in [0.05, 0.1) is 6.54 Å². The summed E-state index contributed by atoms with van der Waals surface area (Å²) in [4.78, 5) is 31.0. The van der Waals surface area contributed by atoms with Crippen LogP contribution in [0.5, 0.6) is 0 Å². The highest BCUT2D eigenvalue weighted by atomic mass is 16.2. The molecule has 4 rings (SSSR count). The molecule has 4 aromatic rings. The topological polar surface area (TPSA) is 64.0 Å². The summed E-state index contributed by atoms with van der Waals surface area (Å²) in [6.45, 7) is 2.33. The largest absolute Gasteiger partial charge is 0.347 e. The van der Waals surface area contributed by atoms with Gasteiger partial charge in [-0.15, -0.1) is 0 Å². The van der Waals surface area contributed by atoms with Crippen LogP contribution >= 0.6 is 0 Å². The highest BCUT2D eigenvalue weighted by Crippen LogP contribution is 2.22. The van der Waals surface area contributed by atoms with E-state index in [1.165, 1.54) is 4.57 Å². The Morgan fingerprint density at radius 2 is 1.39 bits per heavy atom. The van der Waals surface area contributed by atoms with Crippen molar-refractivity contribution in [3.05, 3.63) is 124 Å². The molecule has 1 aromatic heterocycles. The molecule has 0 saturated carbocycles. The van der Waals surface area contributed by atoms with Crippen molar-refractivity contribution >= 4 is 5.91 Å². The summed E-state index contributed by atoms with van der Waals surface area (Å²) in [5, 5.41) is 2.96. The van der Waals surface area contributed by atoms with Crippen LogP contribution in [0.25, 0.3) is 11.3 Å². The molecule has 0 saturated heterocycles. The number of nitrogens with zero attached hydrogens (tertiary/aromatic N) is 2. The Labute approximate surface area is 181 Å². The maximum Gasteiger partial charge on any atom is 0.272 e. The second-order valence-corrected chi connectivity index (χ2v) is 7.31. The minimum atomic E-state index is -0.330. The van der Waals surface area contributed by atoms with Crippen molar-refractivity contribution in [1.82, 2.24) is 14.9 Å². The van der Waals surface area contributed by atoms with Crippen LogP contribution in [0.3, 0.4) is 0 Å². The third-order valence-electron chi connectivity index (χ3n) is 5.07. The van der Waals surface area contributed by atoms with E-state index in [1.54, 1.807) is 6.92 Å². The quantitative estimate of drug-likeness (QED) is 0.519. The minimum absolute atomic E-state index is 0.265. The second-order valence-electron chi connectivity index (χ2n) is 7.31. The molecular formula is C26H23N3O2. The lowest BCUT2D eigenvalue weighted by Gasteiger charge is -2.18. The molecule has 5 heteroatoms. The summed E-state index contributed by atoms with van der Waals surface area (Å²) < 4.78 is 1.53. The average molecular weight is 409 g/mol. The maximum atomic E-state index is 13.4. The van der Waals surface area contributed by atoms with Crippen molar-refractivity contribution < 1.29 is 4.79 Å². The normalized spacial score (nSPS) is 10.6. The zero-order valence-electron chi connectivity index (χ0n) is 17.3. The number of hydrogen-bond donors (Lipinski definition) is 1. The molecule has 31 heavy (non-hydrogen) atoms. The van der Waals surface area contributed by atoms with E-state index in [9.17, 15) is 9.59 Å². The van der Waals surface area contributed by atoms with Crippen molar-refractivity contribution in [2.24, 2.45) is 0 Å². The molecule has 0 unspecified atom stereocenters. The highest BCUT2D eigenvalue weighted by Gasteiger charge is 2.22. The SMILES string of the molecule is Cc1nc(-c2ccccc2)c(C(=O)NCc2ccccc2)n(Cc2ccccc2)c1=O. The lowest BCUT2D eigenvalue weighted by molar-refractivity contribution is 0.0941. The van der Waals surface area contributed by atoms with Crippen molar-refractivity contribution in [2.75, 3.05) is 0 Å². The van der Waals surface area contributed by atoms with Gasteiger partial charge in [0, 0.05) is 12.1 Å². The molecule has 3 aromatic carbocycles. The van der Waals surface area contributed by atoms with E-state index in [-0.39, 0.29) is 23.7 Å². The monoisotopic (exact) mass is 409 g/mol. The standard InChI is InChI=1S/C26H23N3O2/c1-19-26(31)29(18-21-13-7-3-8-14-21)24(23(28-19)22-15-9-4-10-16-22)25(30)27-17-20-11-5-2-6-12-20/h2-16H,17-18H2,1H3,(H,27,30). The molecule has 0 atom stereocenters. The van der Waals surface area contributed by atoms with Crippen LogP contribution in [0.4, 0.5) is 0 Å². The highest BCUT2D eigenvalue weighted by molar-refractivity contribution is 5.98. The van der Waals surface area contributed by atoms with E-state index in [0.29, 0.717) is 17.9 Å². The van der Waals surface area contributed by atoms with Crippen LogP contribution in [0.2, 0.25) is 0 Å². The van der Waals surface area contributed by atoms with Gasteiger partial charge in [-0.25, -0.2) is 4.98 Å². The summed E-state index contributed by atoms with van der Waals surface area (Å²) in [5.41, 5.74) is 3.56. The van der Waals surface area contributed by atoms with Gasteiger partial charge >= 0.3 is 0 Å². The first-order chi connectivity index (χ1) is 15.1. The Morgan fingerprint density at radius 1 is 0.839 bits per heavy atom. The maximum absolute atomic E-state index is 13.4. The number of amides is 1. The number of aromatic nitrogens is 2. The number of hydrogen-bond acceptors (Lipinski definition) is 3. The van der Waals surface area contributed by atoms with Crippen LogP contribution < -0.4 is 10.9 Å². The minimum Gasteiger partial charge on any atom is -0.347 e. The summed E-state index contributed by atoms with van der Waals surface area (Å²) in [7, 11) is 0. The molecule has 1 heterocycles. The molecule has 0 spiro atoms. The van der Waals surface area contributed by atoms with Crippen LogP contribution in [0.15, 0.2) is 95.8 Å². The molecular weight excluding hydrogens is 386 g/mol. The first-order valence-electron chi connectivity index (χ1n) is 10.2. The Kier molecular flexibility index (Phi) is 6.03. The summed E-state index contributed by atoms with van der Waals surface area (Å²) in [6.07, 6.45) is 0. The van der Waals surface area contributed by atoms with Crippen molar-refractivity contribution in [1.29, 1.82) is 0 Å². The second kappa shape index (κ2) is 9.22. The lowest BCUT2D eigenvalue weighted by Crippen LogP contribution is -2.35. The van der Waals surface area contributed by atoms with E-state index in [4.69, 9.17) is 0 Å². The first kappa shape index (κ1) is 20.3. The Balaban J connectivity index is 1.81. The van der Waals surface area contributed by atoms with E-state index in [0.717, 1.165) is 16.7 Å². The number of carbonyl (C=O) groups excluding carboxylic acids is 1. The Bertz CT molecular complexity index is 1230. The first-order valence-corrected chi connectivity index (χ1v) is 10.2. The average Bonchev–Trinajstić information content (AvgIpc) is 2.82. The third-order valence-corrected chi connectivity index (χ3v) is 5.07. The van der Waals surface area contributed by atoms with Gasteiger partial charge in [0.15, 0.2) is 0 Å². The van der Waals surface area contributed by atoms with E-state index in [2.05, 4.69) is 10.3 Å². The Hall–Kier alpha value is -3.99. The van der Waals surface area contributed by atoms with Crippen molar-refractivity contribution in [2.45, 2.75) is 20.0 Å². The van der Waals surface area contributed by atoms with Gasteiger partial charge in [0.2, 0.25) is 0 Å². The van der Waals surface area contributed by atoms with Crippen LogP contribution in [0, 0.1) is 6.92 Å². The molecule has 0 bridgehead atoms. The van der Waals surface area contributed by atoms with Gasteiger partial charge < -0.3 is 5.32 Å². The predicted octanol–water partition coefficient (Wildman–Crippen LogP) is 4.20. The molecule has 0 aliphatic rings. The van der Waals surface area contributed by atoms with E-state index in [1.807, 2.05) is 91.0 Å². The third kappa shape index (κ3) is 4.61. The van der Waals surface area contributed by atoms with Gasteiger partial charge in [-0.05, 0) is 18.1 Å². The van der Waals surface area contributed by atoms with Gasteiger partial charge in [-0.3, -0.25) is 14.2 Å². The lowest BCUT2D eigenvalue weighted by atomic mass is 10.1. The molecule has 5 nitrogen and oxygen atoms in total. The summed E-state index contributed by atoms with van der Waals surface area (Å²) >= 11 is 0. The number of nitrogens with one attached hydrogen (secondary N) is 1. The van der Waals surface area contributed by atoms with Crippen LogP contribution in [-0.2, 0) is 13.1 Å². The summed E-state index contributed by atoms with van der Waals surface area (Å²) in [5.74, 6) is -0.330. The van der Waals surface area contributed by atoms with Crippen molar-refractivity contribution in [3.8, 4) is 11.3 Å². The molecule has 0 aliphatic carbocycles. The van der Waals surface area contributed by atoms with Crippen LogP contribution in [0.1, 0.15) is 27.3 Å². The number of carbonyl (C=O) groups is 1.